The first-order chi connectivity index (χ1) is 6.71. The molecule has 1 aliphatic carbocycles. The van der Waals surface area contributed by atoms with Crippen molar-refractivity contribution in [2.24, 2.45) is 0 Å². The molecule has 1 saturated carbocycles. The lowest BCUT2D eigenvalue weighted by Gasteiger charge is -2.20. The number of nitrogens with zero attached hydrogens (tertiary/aromatic N) is 2. The molecule has 0 N–H and O–H groups in total. The van der Waals surface area contributed by atoms with Crippen molar-refractivity contribution in [2.75, 3.05) is 0 Å². The molecule has 0 amide bonds. The summed E-state index contributed by atoms with van der Waals surface area (Å²) in [4.78, 5) is 0. The Labute approximate surface area is 87.4 Å². The number of sulfone groups is 1. The largest absolute Gasteiger partial charge is 0.222 e. The van der Waals surface area contributed by atoms with Crippen molar-refractivity contribution in [1.82, 2.24) is 9.59 Å². The van der Waals surface area contributed by atoms with E-state index in [-0.39, 0.29) is 5.25 Å². The first-order valence-electron chi connectivity index (χ1n) is 4.72. The molecule has 0 aliphatic heterocycles. The van der Waals surface area contributed by atoms with Crippen LogP contribution in [0.5, 0.6) is 0 Å². The van der Waals surface area contributed by atoms with E-state index >= 15 is 0 Å². The molecular formula is C8H12N2O2S2. The van der Waals surface area contributed by atoms with Crippen LogP contribution in [0.25, 0.3) is 0 Å². The van der Waals surface area contributed by atoms with Crippen molar-refractivity contribution in [3.8, 4) is 0 Å². The molecule has 1 aromatic rings. The maximum atomic E-state index is 12.0. The summed E-state index contributed by atoms with van der Waals surface area (Å²) in [5, 5.41) is 3.38. The molecule has 1 fully saturated rings. The lowest BCUT2D eigenvalue weighted by molar-refractivity contribution is 0.484. The third-order valence-electron chi connectivity index (χ3n) is 2.61. The van der Waals surface area contributed by atoms with Gasteiger partial charge in [0, 0.05) is 11.5 Å². The summed E-state index contributed by atoms with van der Waals surface area (Å²) in [6.45, 7) is 0. The van der Waals surface area contributed by atoms with E-state index in [0.29, 0.717) is 4.21 Å². The summed E-state index contributed by atoms with van der Waals surface area (Å²) in [6.07, 6.45) is 6.15. The Hall–Kier alpha value is -0.490. The van der Waals surface area contributed by atoms with Crippen molar-refractivity contribution in [3.63, 3.8) is 0 Å². The minimum absolute atomic E-state index is 0.196. The van der Waals surface area contributed by atoms with E-state index in [1.165, 1.54) is 6.20 Å². The zero-order chi connectivity index (χ0) is 10.0. The summed E-state index contributed by atoms with van der Waals surface area (Å²) in [5.74, 6) is 0. The van der Waals surface area contributed by atoms with Gasteiger partial charge in [0.2, 0.25) is 0 Å². The van der Waals surface area contributed by atoms with Crippen LogP contribution >= 0.6 is 11.5 Å². The van der Waals surface area contributed by atoms with E-state index in [1.54, 1.807) is 0 Å². The number of hydrogen-bond donors (Lipinski definition) is 0. The molecule has 1 aromatic heterocycles. The quantitative estimate of drug-likeness (QED) is 0.777. The molecule has 0 unspecified atom stereocenters. The molecule has 1 heterocycles. The molecule has 0 saturated heterocycles. The van der Waals surface area contributed by atoms with Gasteiger partial charge >= 0.3 is 0 Å². The second-order valence-corrected chi connectivity index (χ2v) is 6.78. The molecule has 0 spiro atoms. The second-order valence-electron chi connectivity index (χ2n) is 3.54. The van der Waals surface area contributed by atoms with E-state index in [9.17, 15) is 8.42 Å². The molecule has 0 bridgehead atoms. The van der Waals surface area contributed by atoms with Crippen LogP contribution < -0.4 is 0 Å². The van der Waals surface area contributed by atoms with E-state index < -0.39 is 9.84 Å². The van der Waals surface area contributed by atoms with Gasteiger partial charge in [0.1, 0.15) is 0 Å². The predicted molar refractivity (Wildman–Crippen MR) is 54.0 cm³/mol. The molecule has 14 heavy (non-hydrogen) atoms. The van der Waals surface area contributed by atoms with Crippen LogP contribution in [0, 0.1) is 0 Å². The zero-order valence-corrected chi connectivity index (χ0v) is 9.35. The SMILES string of the molecule is O=S(=O)(c1cnns1)C1CCCCC1. The monoisotopic (exact) mass is 232 g/mol. The standard InChI is InChI=1S/C8H12N2O2S2/c11-14(12,8-6-9-10-13-8)7-4-2-1-3-5-7/h6-7H,1-5H2. The smallest absolute Gasteiger partial charge is 0.193 e. The third kappa shape index (κ3) is 1.81. The van der Waals surface area contributed by atoms with Gasteiger partial charge in [-0.2, -0.15) is 0 Å². The highest BCUT2D eigenvalue weighted by molar-refractivity contribution is 7.93. The highest BCUT2D eigenvalue weighted by Gasteiger charge is 2.30. The minimum Gasteiger partial charge on any atom is -0.222 e. The van der Waals surface area contributed by atoms with Crippen molar-refractivity contribution in [2.45, 2.75) is 41.6 Å². The van der Waals surface area contributed by atoms with Crippen molar-refractivity contribution >= 4 is 21.4 Å². The zero-order valence-electron chi connectivity index (χ0n) is 7.72. The van der Waals surface area contributed by atoms with Crippen LogP contribution in [-0.2, 0) is 9.84 Å². The number of aromatic nitrogens is 2. The van der Waals surface area contributed by atoms with Crippen LogP contribution in [0.3, 0.4) is 0 Å². The molecule has 6 heteroatoms. The van der Waals surface area contributed by atoms with Crippen molar-refractivity contribution < 1.29 is 8.42 Å². The number of rotatable bonds is 2. The van der Waals surface area contributed by atoms with E-state index in [4.69, 9.17) is 0 Å². The maximum absolute atomic E-state index is 12.0. The molecule has 0 aromatic carbocycles. The van der Waals surface area contributed by atoms with Gasteiger partial charge in [-0.25, -0.2) is 8.42 Å². The first kappa shape index (κ1) is 10.0. The summed E-state index contributed by atoms with van der Waals surface area (Å²) >= 11 is 0.974. The van der Waals surface area contributed by atoms with E-state index in [1.807, 2.05) is 0 Å². The highest BCUT2D eigenvalue weighted by Crippen LogP contribution is 2.29. The maximum Gasteiger partial charge on any atom is 0.193 e. The van der Waals surface area contributed by atoms with Gasteiger partial charge in [-0.15, -0.1) is 5.10 Å². The van der Waals surface area contributed by atoms with Crippen molar-refractivity contribution in [3.05, 3.63) is 6.20 Å². The fourth-order valence-corrected chi connectivity index (χ4v) is 4.49. The van der Waals surface area contributed by atoms with Gasteiger partial charge in [0.15, 0.2) is 14.0 Å². The van der Waals surface area contributed by atoms with E-state index in [0.717, 1.165) is 43.6 Å². The van der Waals surface area contributed by atoms with Crippen LogP contribution in [-0.4, -0.2) is 23.3 Å². The highest BCUT2D eigenvalue weighted by atomic mass is 32.2. The summed E-state index contributed by atoms with van der Waals surface area (Å²) < 4.78 is 27.9. The van der Waals surface area contributed by atoms with Gasteiger partial charge in [-0.3, -0.25) is 0 Å². The summed E-state index contributed by atoms with van der Waals surface area (Å²) in [5.41, 5.74) is 0. The Bertz CT molecular complexity index is 379. The van der Waals surface area contributed by atoms with Gasteiger partial charge in [0.05, 0.1) is 11.4 Å². The Morgan fingerprint density at radius 1 is 1.29 bits per heavy atom. The third-order valence-corrected chi connectivity index (χ3v) is 6.01. The van der Waals surface area contributed by atoms with Crippen LogP contribution in [0.2, 0.25) is 0 Å². The Kier molecular flexibility index (Phi) is 2.83. The van der Waals surface area contributed by atoms with Gasteiger partial charge in [0.25, 0.3) is 0 Å². The molecule has 78 valence electrons. The normalized spacial score (nSPS) is 19.7. The Morgan fingerprint density at radius 3 is 2.57 bits per heavy atom. The van der Waals surface area contributed by atoms with Crippen molar-refractivity contribution in [1.29, 1.82) is 0 Å². The minimum atomic E-state index is -3.13. The van der Waals surface area contributed by atoms with Crippen LogP contribution in [0.1, 0.15) is 32.1 Å². The molecule has 0 atom stereocenters. The first-order valence-corrected chi connectivity index (χ1v) is 7.04. The molecule has 2 rings (SSSR count). The van der Waals surface area contributed by atoms with Gasteiger partial charge in [-0.05, 0) is 12.8 Å². The Morgan fingerprint density at radius 2 is 2.00 bits per heavy atom. The predicted octanol–water partition coefficient (Wildman–Crippen LogP) is 1.64. The Balaban J connectivity index is 2.23. The molecule has 0 radical (unpaired) electrons. The van der Waals surface area contributed by atoms with E-state index in [2.05, 4.69) is 9.59 Å². The second kappa shape index (κ2) is 3.94. The fourth-order valence-electron chi connectivity index (χ4n) is 1.82. The molecule has 4 nitrogen and oxygen atoms in total. The lowest BCUT2D eigenvalue weighted by atomic mass is 10.0. The summed E-state index contributed by atoms with van der Waals surface area (Å²) in [6, 6.07) is 0. The van der Waals surface area contributed by atoms with Gasteiger partial charge in [-0.1, -0.05) is 23.8 Å². The van der Waals surface area contributed by atoms with Gasteiger partial charge < -0.3 is 0 Å². The van der Waals surface area contributed by atoms with Crippen LogP contribution in [0.15, 0.2) is 10.4 Å². The summed E-state index contributed by atoms with van der Waals surface area (Å²) in [7, 11) is -3.13. The van der Waals surface area contributed by atoms with Crippen LogP contribution in [0.4, 0.5) is 0 Å². The molecule has 1 aliphatic rings. The average Bonchev–Trinajstić information content (AvgIpc) is 2.72. The number of hydrogen-bond acceptors (Lipinski definition) is 5. The fraction of sp³-hybridized carbons (Fsp3) is 0.750. The average molecular weight is 232 g/mol. The topological polar surface area (TPSA) is 59.9 Å². The lowest BCUT2D eigenvalue weighted by Crippen LogP contribution is -2.23. The molecular weight excluding hydrogens is 220 g/mol.